The second-order valence-corrected chi connectivity index (χ2v) is 8.45. The van der Waals surface area contributed by atoms with Gasteiger partial charge in [0.1, 0.15) is 5.75 Å². The molecule has 146 valence electrons. The highest BCUT2D eigenvalue weighted by Gasteiger charge is 2.27. The standard InChI is InChI=1S/C17H25N3O4S.ClH/c1-19(2)16(21)12-25(23,24)15-8-6-13(7-9-15)17(22)20-10-4-3-5-14(20)11-18;/h6-9,14H,3-5,10-12,18H2,1-2H3;1H. The van der Waals surface area contributed by atoms with Gasteiger partial charge in [-0.1, -0.05) is 0 Å². The van der Waals surface area contributed by atoms with Crippen LogP contribution < -0.4 is 5.73 Å². The topological polar surface area (TPSA) is 101 Å². The van der Waals surface area contributed by atoms with Crippen molar-refractivity contribution in [3.63, 3.8) is 0 Å². The molecule has 1 heterocycles. The first kappa shape index (κ1) is 22.4. The highest BCUT2D eigenvalue weighted by Crippen LogP contribution is 2.20. The molecule has 0 saturated carbocycles. The molecule has 2 rings (SSSR count). The van der Waals surface area contributed by atoms with Gasteiger partial charge in [-0.2, -0.15) is 0 Å². The Kier molecular flexibility index (Phi) is 8.05. The van der Waals surface area contributed by atoms with Gasteiger partial charge >= 0.3 is 0 Å². The van der Waals surface area contributed by atoms with Crippen molar-refractivity contribution in [1.82, 2.24) is 9.80 Å². The van der Waals surface area contributed by atoms with Crippen LogP contribution >= 0.6 is 12.4 Å². The fourth-order valence-corrected chi connectivity index (χ4v) is 4.16. The SMILES string of the molecule is CN(C)C(=O)CS(=O)(=O)c1ccc(C(=O)N2CCCCC2CN)cc1.Cl. The predicted octanol–water partition coefficient (Wildman–Crippen LogP) is 0.924. The molecule has 26 heavy (non-hydrogen) atoms. The lowest BCUT2D eigenvalue weighted by molar-refractivity contribution is -0.125. The summed E-state index contributed by atoms with van der Waals surface area (Å²) in [6.07, 6.45) is 2.89. The minimum atomic E-state index is -3.72. The normalized spacial score (nSPS) is 17.3. The summed E-state index contributed by atoms with van der Waals surface area (Å²) >= 11 is 0. The van der Waals surface area contributed by atoms with Crippen molar-refractivity contribution < 1.29 is 18.0 Å². The van der Waals surface area contributed by atoms with Crippen LogP contribution in [0.5, 0.6) is 0 Å². The average Bonchev–Trinajstić information content (AvgIpc) is 2.60. The van der Waals surface area contributed by atoms with Gasteiger partial charge < -0.3 is 15.5 Å². The van der Waals surface area contributed by atoms with E-state index >= 15 is 0 Å². The molecular weight excluding hydrogens is 378 g/mol. The minimum absolute atomic E-state index is 0. The molecule has 0 aliphatic carbocycles. The van der Waals surface area contributed by atoms with Crippen molar-refractivity contribution >= 4 is 34.1 Å². The monoisotopic (exact) mass is 403 g/mol. The summed E-state index contributed by atoms with van der Waals surface area (Å²) < 4.78 is 24.5. The maximum absolute atomic E-state index is 12.7. The van der Waals surface area contributed by atoms with E-state index in [0.717, 1.165) is 19.3 Å². The fraction of sp³-hybridized carbons (Fsp3) is 0.529. The van der Waals surface area contributed by atoms with Gasteiger partial charge in [-0.15, -0.1) is 12.4 Å². The van der Waals surface area contributed by atoms with E-state index in [1.165, 1.54) is 43.3 Å². The Morgan fingerprint density at radius 2 is 1.81 bits per heavy atom. The van der Waals surface area contributed by atoms with Crippen LogP contribution in [0.1, 0.15) is 29.6 Å². The molecule has 1 saturated heterocycles. The number of likely N-dealkylation sites (tertiary alicyclic amines) is 1. The Morgan fingerprint density at radius 1 is 1.19 bits per heavy atom. The Morgan fingerprint density at radius 3 is 2.35 bits per heavy atom. The number of nitrogens with zero attached hydrogens (tertiary/aromatic N) is 2. The van der Waals surface area contributed by atoms with Crippen LogP contribution in [0.15, 0.2) is 29.2 Å². The largest absolute Gasteiger partial charge is 0.348 e. The van der Waals surface area contributed by atoms with Gasteiger partial charge in [0, 0.05) is 38.8 Å². The molecule has 0 spiro atoms. The fourth-order valence-electron chi connectivity index (χ4n) is 2.86. The summed E-state index contributed by atoms with van der Waals surface area (Å²) in [4.78, 5) is 27.4. The van der Waals surface area contributed by atoms with E-state index in [1.807, 2.05) is 0 Å². The van der Waals surface area contributed by atoms with Gasteiger partial charge in [-0.25, -0.2) is 8.42 Å². The van der Waals surface area contributed by atoms with E-state index < -0.39 is 21.5 Å². The molecule has 1 aliphatic rings. The third-order valence-corrected chi connectivity index (χ3v) is 6.05. The maximum Gasteiger partial charge on any atom is 0.254 e. The van der Waals surface area contributed by atoms with Crippen LogP contribution in [-0.4, -0.2) is 69.0 Å². The molecule has 0 radical (unpaired) electrons. The predicted molar refractivity (Wildman–Crippen MR) is 102 cm³/mol. The van der Waals surface area contributed by atoms with Gasteiger partial charge in [-0.05, 0) is 43.5 Å². The zero-order valence-electron chi connectivity index (χ0n) is 15.1. The molecule has 1 unspecified atom stereocenters. The number of carbonyl (C=O) groups excluding carboxylic acids is 2. The zero-order valence-corrected chi connectivity index (χ0v) is 16.7. The lowest BCUT2D eigenvalue weighted by atomic mass is 10.0. The van der Waals surface area contributed by atoms with Gasteiger partial charge in [0.15, 0.2) is 9.84 Å². The highest BCUT2D eigenvalue weighted by molar-refractivity contribution is 7.92. The summed E-state index contributed by atoms with van der Waals surface area (Å²) in [5.41, 5.74) is 6.18. The molecule has 1 fully saturated rings. The molecule has 0 aromatic heterocycles. The average molecular weight is 404 g/mol. The molecule has 0 bridgehead atoms. The summed E-state index contributed by atoms with van der Waals surface area (Å²) in [6, 6.07) is 5.79. The minimum Gasteiger partial charge on any atom is -0.348 e. The highest BCUT2D eigenvalue weighted by atomic mass is 35.5. The van der Waals surface area contributed by atoms with Crippen molar-refractivity contribution in [3.8, 4) is 0 Å². The second kappa shape index (κ2) is 9.34. The smallest absolute Gasteiger partial charge is 0.254 e. The number of amides is 2. The number of rotatable bonds is 5. The number of hydrogen-bond acceptors (Lipinski definition) is 5. The summed E-state index contributed by atoms with van der Waals surface area (Å²) in [5.74, 6) is -1.21. The van der Waals surface area contributed by atoms with E-state index in [4.69, 9.17) is 5.73 Å². The van der Waals surface area contributed by atoms with E-state index in [2.05, 4.69) is 0 Å². The Bertz CT molecular complexity index is 735. The molecule has 1 aliphatic heterocycles. The number of carbonyl (C=O) groups is 2. The van der Waals surface area contributed by atoms with Crippen LogP contribution in [0.3, 0.4) is 0 Å². The van der Waals surface area contributed by atoms with Crippen LogP contribution in [0.25, 0.3) is 0 Å². The van der Waals surface area contributed by atoms with Gasteiger partial charge in [0.25, 0.3) is 5.91 Å². The molecule has 1 aromatic rings. The van der Waals surface area contributed by atoms with Crippen molar-refractivity contribution in [3.05, 3.63) is 29.8 Å². The molecule has 7 nitrogen and oxygen atoms in total. The first-order chi connectivity index (χ1) is 11.8. The van der Waals surface area contributed by atoms with Gasteiger partial charge in [0.2, 0.25) is 5.91 Å². The van der Waals surface area contributed by atoms with Crippen molar-refractivity contribution in [2.24, 2.45) is 5.73 Å². The first-order valence-electron chi connectivity index (χ1n) is 8.30. The van der Waals surface area contributed by atoms with Crippen molar-refractivity contribution in [2.45, 2.75) is 30.2 Å². The van der Waals surface area contributed by atoms with Crippen LogP contribution in [0.2, 0.25) is 0 Å². The van der Waals surface area contributed by atoms with Crippen LogP contribution in [0.4, 0.5) is 0 Å². The zero-order chi connectivity index (χ0) is 18.6. The molecule has 2 N–H and O–H groups in total. The lowest BCUT2D eigenvalue weighted by Gasteiger charge is -2.35. The summed E-state index contributed by atoms with van der Waals surface area (Å²) in [5, 5.41) is 0. The maximum atomic E-state index is 12.7. The molecular formula is C17H26ClN3O4S. The summed E-state index contributed by atoms with van der Waals surface area (Å²) in [6.45, 7) is 1.09. The number of nitrogens with two attached hydrogens (primary N) is 1. The molecule has 1 atom stereocenters. The van der Waals surface area contributed by atoms with Crippen LogP contribution in [0, 0.1) is 0 Å². The van der Waals surface area contributed by atoms with Crippen molar-refractivity contribution in [2.75, 3.05) is 32.9 Å². The van der Waals surface area contributed by atoms with Crippen LogP contribution in [-0.2, 0) is 14.6 Å². The quantitative estimate of drug-likeness (QED) is 0.787. The second-order valence-electron chi connectivity index (χ2n) is 6.46. The van der Waals surface area contributed by atoms with Gasteiger partial charge in [-0.3, -0.25) is 9.59 Å². The van der Waals surface area contributed by atoms with E-state index in [9.17, 15) is 18.0 Å². The third kappa shape index (κ3) is 5.18. The van der Waals surface area contributed by atoms with E-state index in [-0.39, 0.29) is 29.3 Å². The van der Waals surface area contributed by atoms with Crippen molar-refractivity contribution in [1.29, 1.82) is 0 Å². The first-order valence-corrected chi connectivity index (χ1v) is 9.95. The number of benzene rings is 1. The molecule has 2 amide bonds. The number of hydrogen-bond donors (Lipinski definition) is 1. The number of piperidine rings is 1. The number of halogens is 1. The van der Waals surface area contributed by atoms with Gasteiger partial charge in [0.05, 0.1) is 4.90 Å². The summed E-state index contributed by atoms with van der Waals surface area (Å²) in [7, 11) is -0.711. The molecule has 1 aromatic carbocycles. The third-order valence-electron chi connectivity index (χ3n) is 4.43. The Hall–Kier alpha value is -1.64. The van der Waals surface area contributed by atoms with E-state index in [1.54, 1.807) is 4.90 Å². The van der Waals surface area contributed by atoms with E-state index in [0.29, 0.717) is 18.7 Å². The molecule has 9 heteroatoms. The Balaban J connectivity index is 0.00000338. The number of sulfone groups is 1. The Labute approximate surface area is 160 Å². The lowest BCUT2D eigenvalue weighted by Crippen LogP contribution is -2.47.